The molecule has 1 N–H and O–H groups in total. The number of amides is 2. The number of rotatable bonds is 5. The van der Waals surface area contributed by atoms with Crippen LogP contribution in [0.2, 0.25) is 10.0 Å². The summed E-state index contributed by atoms with van der Waals surface area (Å²) >= 11 is 12.1. The number of halogens is 2. The van der Waals surface area contributed by atoms with Gasteiger partial charge in [-0.1, -0.05) is 35.3 Å². The molecule has 2 aromatic rings. The lowest BCUT2D eigenvalue weighted by Crippen LogP contribution is -2.32. The van der Waals surface area contributed by atoms with E-state index < -0.39 is 0 Å². The van der Waals surface area contributed by atoms with Crippen molar-refractivity contribution in [3.63, 3.8) is 0 Å². The number of carbonyl (C=O) groups is 2. The molecule has 0 fully saturated rings. The van der Waals surface area contributed by atoms with Crippen molar-refractivity contribution in [2.75, 3.05) is 16.8 Å². The van der Waals surface area contributed by atoms with Crippen molar-refractivity contribution >= 4 is 46.4 Å². The second kappa shape index (κ2) is 8.37. The number of aryl methyl sites for hydroxylation is 2. The molecule has 0 heterocycles. The van der Waals surface area contributed by atoms with Crippen LogP contribution in [-0.2, 0) is 9.59 Å². The molecule has 0 aliphatic heterocycles. The normalized spacial score (nSPS) is 10.4. The van der Waals surface area contributed by atoms with Gasteiger partial charge in [0.05, 0.1) is 10.7 Å². The van der Waals surface area contributed by atoms with Crippen molar-refractivity contribution in [2.45, 2.75) is 27.2 Å². The lowest BCUT2D eigenvalue weighted by Gasteiger charge is -2.22. The fraction of sp³-hybridized carbons (Fsp3) is 0.263. The standard InChI is InChI=1S/C19H20Cl2N2O2/c1-12-4-5-13(2)17(10-12)22-19(25)8-9-23(14(3)24)18-7-6-15(20)11-16(18)21/h4-7,10-11H,8-9H2,1-3H3,(H,22,25). The van der Waals surface area contributed by atoms with Gasteiger partial charge >= 0.3 is 0 Å². The minimum Gasteiger partial charge on any atom is -0.326 e. The zero-order valence-corrected chi connectivity index (χ0v) is 15.9. The minimum atomic E-state index is -0.191. The summed E-state index contributed by atoms with van der Waals surface area (Å²) in [5.41, 5.74) is 3.38. The topological polar surface area (TPSA) is 49.4 Å². The molecule has 0 radical (unpaired) electrons. The molecular weight excluding hydrogens is 359 g/mol. The first-order valence-electron chi connectivity index (χ1n) is 7.88. The van der Waals surface area contributed by atoms with E-state index in [9.17, 15) is 9.59 Å². The maximum atomic E-state index is 12.3. The smallest absolute Gasteiger partial charge is 0.226 e. The van der Waals surface area contributed by atoms with Gasteiger partial charge in [-0.2, -0.15) is 0 Å². The fourth-order valence-electron chi connectivity index (χ4n) is 2.44. The molecule has 0 unspecified atom stereocenters. The molecule has 25 heavy (non-hydrogen) atoms. The van der Waals surface area contributed by atoms with Crippen molar-refractivity contribution in [1.29, 1.82) is 0 Å². The highest BCUT2D eigenvalue weighted by atomic mass is 35.5. The molecule has 0 saturated carbocycles. The summed E-state index contributed by atoms with van der Waals surface area (Å²) in [7, 11) is 0. The van der Waals surface area contributed by atoms with Crippen LogP contribution in [0, 0.1) is 13.8 Å². The molecule has 2 rings (SSSR count). The zero-order valence-electron chi connectivity index (χ0n) is 14.4. The van der Waals surface area contributed by atoms with Crippen molar-refractivity contribution in [3.8, 4) is 0 Å². The molecule has 132 valence electrons. The Morgan fingerprint density at radius 1 is 1.08 bits per heavy atom. The van der Waals surface area contributed by atoms with Gasteiger partial charge in [0.25, 0.3) is 0 Å². The molecule has 0 saturated heterocycles. The zero-order chi connectivity index (χ0) is 18.6. The van der Waals surface area contributed by atoms with Crippen LogP contribution in [0.3, 0.4) is 0 Å². The summed E-state index contributed by atoms with van der Waals surface area (Å²) in [5, 5.41) is 3.75. The Hall–Kier alpha value is -2.04. The molecule has 4 nitrogen and oxygen atoms in total. The first-order chi connectivity index (χ1) is 11.8. The second-order valence-corrected chi connectivity index (χ2v) is 6.73. The van der Waals surface area contributed by atoms with Gasteiger partial charge in [-0.25, -0.2) is 0 Å². The van der Waals surface area contributed by atoms with E-state index in [0.29, 0.717) is 15.7 Å². The maximum absolute atomic E-state index is 12.3. The predicted octanol–water partition coefficient (Wildman–Crippen LogP) is 4.99. The number of nitrogens with zero attached hydrogens (tertiary/aromatic N) is 1. The Morgan fingerprint density at radius 2 is 1.80 bits per heavy atom. The summed E-state index contributed by atoms with van der Waals surface area (Å²) in [5.74, 6) is -0.353. The van der Waals surface area contributed by atoms with Crippen molar-refractivity contribution < 1.29 is 9.59 Å². The van der Waals surface area contributed by atoms with Crippen LogP contribution in [0.1, 0.15) is 24.5 Å². The highest BCUT2D eigenvalue weighted by Gasteiger charge is 2.17. The van der Waals surface area contributed by atoms with Gasteiger partial charge in [0, 0.05) is 30.6 Å². The number of hydrogen-bond donors (Lipinski definition) is 1. The summed E-state index contributed by atoms with van der Waals surface area (Å²) in [6, 6.07) is 10.8. The Morgan fingerprint density at radius 3 is 2.44 bits per heavy atom. The summed E-state index contributed by atoms with van der Waals surface area (Å²) in [6.45, 7) is 5.57. The van der Waals surface area contributed by atoms with Crippen LogP contribution >= 0.6 is 23.2 Å². The van der Waals surface area contributed by atoms with E-state index in [1.807, 2.05) is 32.0 Å². The van der Waals surface area contributed by atoms with Gasteiger partial charge in [-0.3, -0.25) is 9.59 Å². The highest BCUT2D eigenvalue weighted by Crippen LogP contribution is 2.29. The number of hydrogen-bond acceptors (Lipinski definition) is 2. The molecule has 0 aliphatic carbocycles. The second-order valence-electron chi connectivity index (χ2n) is 5.88. The van der Waals surface area contributed by atoms with Crippen molar-refractivity contribution in [3.05, 3.63) is 57.6 Å². The van der Waals surface area contributed by atoms with Crippen molar-refractivity contribution in [1.82, 2.24) is 0 Å². The number of anilines is 2. The number of benzene rings is 2. The summed E-state index contributed by atoms with van der Waals surface area (Å²) in [4.78, 5) is 25.7. The predicted molar refractivity (Wildman–Crippen MR) is 104 cm³/mol. The lowest BCUT2D eigenvalue weighted by atomic mass is 10.1. The minimum absolute atomic E-state index is 0.159. The first kappa shape index (κ1) is 19.3. The molecule has 2 amide bonds. The third-order valence-electron chi connectivity index (χ3n) is 3.81. The first-order valence-corrected chi connectivity index (χ1v) is 8.64. The Labute approximate surface area is 157 Å². The molecular formula is C19H20Cl2N2O2. The fourth-order valence-corrected chi connectivity index (χ4v) is 2.95. The van der Waals surface area contributed by atoms with Crippen molar-refractivity contribution in [2.24, 2.45) is 0 Å². The van der Waals surface area contributed by atoms with E-state index in [1.54, 1.807) is 18.2 Å². The van der Waals surface area contributed by atoms with Gasteiger partial charge in [-0.15, -0.1) is 0 Å². The molecule has 2 aromatic carbocycles. The van der Waals surface area contributed by atoms with Gasteiger partial charge in [0.2, 0.25) is 11.8 Å². The van der Waals surface area contributed by atoms with Crippen LogP contribution in [-0.4, -0.2) is 18.4 Å². The number of nitrogens with one attached hydrogen (secondary N) is 1. The average Bonchev–Trinajstić information content (AvgIpc) is 2.52. The number of carbonyl (C=O) groups excluding carboxylic acids is 2. The third kappa shape index (κ3) is 5.21. The van der Waals surface area contributed by atoms with Crippen LogP contribution in [0.5, 0.6) is 0 Å². The quantitative estimate of drug-likeness (QED) is 0.796. The van der Waals surface area contributed by atoms with Gasteiger partial charge < -0.3 is 10.2 Å². The summed E-state index contributed by atoms with van der Waals surface area (Å²) in [6.07, 6.45) is 0.159. The van der Waals surface area contributed by atoms with Crippen LogP contribution in [0.25, 0.3) is 0 Å². The van der Waals surface area contributed by atoms with Crippen LogP contribution in [0.4, 0.5) is 11.4 Å². The van der Waals surface area contributed by atoms with E-state index in [4.69, 9.17) is 23.2 Å². The third-order valence-corrected chi connectivity index (χ3v) is 4.35. The Kier molecular flexibility index (Phi) is 6.45. The van der Waals surface area contributed by atoms with Crippen LogP contribution < -0.4 is 10.2 Å². The molecule has 6 heteroatoms. The van der Waals surface area contributed by atoms with Gasteiger partial charge in [0.1, 0.15) is 0 Å². The molecule has 0 aliphatic rings. The molecule has 0 atom stereocenters. The average molecular weight is 379 g/mol. The van der Waals surface area contributed by atoms with Gasteiger partial charge in [0.15, 0.2) is 0 Å². The van der Waals surface area contributed by atoms with Gasteiger partial charge in [-0.05, 0) is 49.2 Å². The van der Waals surface area contributed by atoms with E-state index in [2.05, 4.69) is 5.32 Å². The van der Waals surface area contributed by atoms with Crippen LogP contribution in [0.15, 0.2) is 36.4 Å². The van der Waals surface area contributed by atoms with E-state index >= 15 is 0 Å². The monoisotopic (exact) mass is 378 g/mol. The van der Waals surface area contributed by atoms with E-state index in [0.717, 1.165) is 16.8 Å². The Balaban J connectivity index is 2.07. The van der Waals surface area contributed by atoms with E-state index in [1.165, 1.54) is 11.8 Å². The maximum Gasteiger partial charge on any atom is 0.226 e. The Bertz CT molecular complexity index is 806. The SMILES string of the molecule is CC(=O)N(CCC(=O)Nc1cc(C)ccc1C)c1ccc(Cl)cc1Cl. The summed E-state index contributed by atoms with van der Waals surface area (Å²) < 4.78 is 0. The molecule has 0 bridgehead atoms. The molecule has 0 aromatic heterocycles. The molecule has 0 spiro atoms. The highest BCUT2D eigenvalue weighted by molar-refractivity contribution is 6.36. The lowest BCUT2D eigenvalue weighted by molar-refractivity contribution is -0.117. The van der Waals surface area contributed by atoms with E-state index in [-0.39, 0.29) is 24.8 Å². The largest absolute Gasteiger partial charge is 0.326 e.